The summed E-state index contributed by atoms with van der Waals surface area (Å²) in [6, 6.07) is 90.0. The second-order valence-electron chi connectivity index (χ2n) is 15.7. The van der Waals surface area contributed by atoms with Gasteiger partial charge in [0, 0.05) is 17.1 Å². The second-order valence-corrected chi connectivity index (χ2v) is 15.7. The molecule has 0 atom stereocenters. The molecule has 1 nitrogen and oxygen atoms in total. The molecule has 0 aliphatic carbocycles. The number of anilines is 3. The van der Waals surface area contributed by atoms with Gasteiger partial charge in [-0.15, -0.1) is 0 Å². The maximum Gasteiger partial charge on any atom is 0.0462 e. The summed E-state index contributed by atoms with van der Waals surface area (Å²) in [6.45, 7) is 0. The van der Waals surface area contributed by atoms with Gasteiger partial charge in [-0.1, -0.05) is 255 Å². The third kappa shape index (κ3) is 10.8. The van der Waals surface area contributed by atoms with Gasteiger partial charge < -0.3 is 4.90 Å². The van der Waals surface area contributed by atoms with Gasteiger partial charge in [-0.3, -0.25) is 0 Å². The van der Waals surface area contributed by atoms with E-state index in [0.29, 0.717) is 0 Å². The molecule has 310 valence electrons. The number of benzene rings is 9. The van der Waals surface area contributed by atoms with Crippen LogP contribution in [0.2, 0.25) is 0 Å². The Labute approximate surface area is 384 Å². The Hall–Kier alpha value is -8.52. The maximum absolute atomic E-state index is 2.33. The Morgan fingerprint density at radius 3 is 0.769 bits per heavy atom. The smallest absolute Gasteiger partial charge is 0.0462 e. The van der Waals surface area contributed by atoms with E-state index in [-0.39, 0.29) is 0 Å². The molecule has 0 amide bonds. The van der Waals surface area contributed by atoms with Gasteiger partial charge in [0.1, 0.15) is 0 Å². The van der Waals surface area contributed by atoms with Gasteiger partial charge in [0.2, 0.25) is 0 Å². The molecule has 0 unspecified atom stereocenters. The predicted molar refractivity (Wildman–Crippen MR) is 279 cm³/mol. The lowest BCUT2D eigenvalue weighted by Crippen LogP contribution is -2.09. The van der Waals surface area contributed by atoms with Crippen molar-refractivity contribution in [1.82, 2.24) is 0 Å². The van der Waals surface area contributed by atoms with Gasteiger partial charge in [-0.2, -0.15) is 0 Å². The molecule has 0 aromatic heterocycles. The summed E-state index contributed by atoms with van der Waals surface area (Å²) in [5, 5.41) is 0. The predicted octanol–water partition coefficient (Wildman–Crippen LogP) is 17.0. The number of hydrogen-bond donors (Lipinski definition) is 0. The highest BCUT2D eigenvalue weighted by Gasteiger charge is 2.13. The van der Waals surface area contributed by atoms with Crippen molar-refractivity contribution >= 4 is 52.0 Å². The first kappa shape index (κ1) is 41.8. The van der Waals surface area contributed by atoms with Crippen LogP contribution in [0.5, 0.6) is 0 Å². The molecule has 9 rings (SSSR count). The molecular weight excluding hydrogens is 783 g/mol. The van der Waals surface area contributed by atoms with Crippen LogP contribution >= 0.6 is 0 Å². The van der Waals surface area contributed by atoms with E-state index in [4.69, 9.17) is 0 Å². The van der Waals surface area contributed by atoms with Crippen LogP contribution < -0.4 is 4.90 Å². The van der Waals surface area contributed by atoms with Gasteiger partial charge in [-0.05, 0) is 109 Å². The van der Waals surface area contributed by atoms with E-state index in [2.05, 4.69) is 302 Å². The molecule has 0 bridgehead atoms. The summed E-state index contributed by atoms with van der Waals surface area (Å²) in [7, 11) is 0. The third-order valence-corrected chi connectivity index (χ3v) is 11.4. The zero-order chi connectivity index (χ0) is 43.9. The Kier molecular flexibility index (Phi) is 13.5. The van der Waals surface area contributed by atoms with Crippen molar-refractivity contribution in [3.63, 3.8) is 0 Å². The number of nitrogens with zero attached hydrogens (tertiary/aromatic N) is 1. The zero-order valence-electron chi connectivity index (χ0n) is 36.2. The molecule has 9 aromatic carbocycles. The lowest BCUT2D eigenvalue weighted by molar-refractivity contribution is 1.28. The standard InChI is InChI=1S/C64H49N/c1-7-23-53(24-8-1)62(54-25-9-2-10-26-54)35-19-21-50-37-43-59(44-38-50)65(61-47-41-52(42-48-61)49-64(57-31-15-5-16-32-57)58-33-17-6-18-34-58)60-45-39-51(40-46-60)22-20-36-63(55-27-11-3-12-28-55)56-29-13-4-14-30-56/h1-49H/b21-19+,22-20+. The Bertz CT molecular complexity index is 2770. The minimum atomic E-state index is 1.08. The number of allylic oxidation sites excluding steroid dienone is 4. The minimum Gasteiger partial charge on any atom is -0.311 e. The van der Waals surface area contributed by atoms with E-state index >= 15 is 0 Å². The topological polar surface area (TPSA) is 3.24 Å². The molecule has 0 saturated heterocycles. The zero-order valence-corrected chi connectivity index (χ0v) is 36.2. The Morgan fingerprint density at radius 2 is 0.492 bits per heavy atom. The van der Waals surface area contributed by atoms with Crippen molar-refractivity contribution in [1.29, 1.82) is 0 Å². The van der Waals surface area contributed by atoms with E-state index in [1.54, 1.807) is 0 Å². The normalized spacial score (nSPS) is 11.0. The molecule has 0 radical (unpaired) electrons. The van der Waals surface area contributed by atoms with Gasteiger partial charge >= 0.3 is 0 Å². The Morgan fingerprint density at radius 1 is 0.246 bits per heavy atom. The summed E-state index contributed by atoms with van der Waals surface area (Å²) in [5.74, 6) is 0. The van der Waals surface area contributed by atoms with Gasteiger partial charge in [0.15, 0.2) is 0 Å². The van der Waals surface area contributed by atoms with Crippen LogP contribution in [0.25, 0.3) is 34.9 Å². The highest BCUT2D eigenvalue weighted by molar-refractivity contribution is 5.92. The summed E-state index contributed by atoms with van der Waals surface area (Å²) < 4.78 is 0. The van der Waals surface area contributed by atoms with Crippen molar-refractivity contribution in [2.45, 2.75) is 0 Å². The first-order chi connectivity index (χ1) is 32.2. The summed E-state index contributed by atoms with van der Waals surface area (Å²) >= 11 is 0. The molecular formula is C64H49N. The van der Waals surface area contributed by atoms with Gasteiger partial charge in [0.05, 0.1) is 0 Å². The molecule has 0 aliphatic rings. The van der Waals surface area contributed by atoms with Crippen molar-refractivity contribution in [3.05, 3.63) is 329 Å². The van der Waals surface area contributed by atoms with Crippen LogP contribution in [-0.4, -0.2) is 0 Å². The van der Waals surface area contributed by atoms with E-state index in [0.717, 1.165) is 33.8 Å². The number of rotatable bonds is 14. The largest absolute Gasteiger partial charge is 0.311 e. The van der Waals surface area contributed by atoms with E-state index < -0.39 is 0 Å². The van der Waals surface area contributed by atoms with Crippen molar-refractivity contribution in [2.24, 2.45) is 0 Å². The molecule has 65 heavy (non-hydrogen) atoms. The second kappa shape index (κ2) is 21.0. The minimum absolute atomic E-state index is 1.08. The Balaban J connectivity index is 1.03. The molecule has 0 heterocycles. The van der Waals surface area contributed by atoms with Crippen molar-refractivity contribution in [3.8, 4) is 0 Å². The van der Waals surface area contributed by atoms with E-state index in [1.165, 1.54) is 50.1 Å². The fraction of sp³-hybridized carbons (Fsp3) is 0. The van der Waals surface area contributed by atoms with Crippen LogP contribution in [0.1, 0.15) is 50.1 Å². The molecule has 0 aliphatic heterocycles. The van der Waals surface area contributed by atoms with Crippen LogP contribution in [0.4, 0.5) is 17.1 Å². The van der Waals surface area contributed by atoms with Gasteiger partial charge in [0.25, 0.3) is 0 Å². The molecule has 9 aromatic rings. The van der Waals surface area contributed by atoms with Crippen molar-refractivity contribution in [2.75, 3.05) is 4.90 Å². The number of hydrogen-bond acceptors (Lipinski definition) is 1. The first-order valence-electron chi connectivity index (χ1n) is 22.2. The van der Waals surface area contributed by atoms with Crippen LogP contribution in [0.3, 0.4) is 0 Å². The van der Waals surface area contributed by atoms with E-state index in [1.807, 2.05) is 0 Å². The molecule has 0 fully saturated rings. The fourth-order valence-electron chi connectivity index (χ4n) is 8.07. The lowest BCUT2D eigenvalue weighted by Gasteiger charge is -2.26. The molecule has 1 heteroatoms. The lowest BCUT2D eigenvalue weighted by atomic mass is 9.95. The maximum atomic E-state index is 2.33. The average Bonchev–Trinajstić information content (AvgIpc) is 3.39. The monoisotopic (exact) mass is 831 g/mol. The highest BCUT2D eigenvalue weighted by Crippen LogP contribution is 2.36. The SMILES string of the molecule is C(/C=C/c1ccc(N(c2ccc(C=C(c3ccccc3)c3ccccc3)cc2)c2ccc(/C=C/C=C(c3ccccc3)c3ccccc3)cc2)cc1)=C(c1ccccc1)c1ccccc1. The summed E-state index contributed by atoms with van der Waals surface area (Å²) in [4.78, 5) is 2.33. The molecule has 0 spiro atoms. The van der Waals surface area contributed by atoms with E-state index in [9.17, 15) is 0 Å². The quantitative estimate of drug-likeness (QED) is 0.0779. The van der Waals surface area contributed by atoms with Crippen LogP contribution in [-0.2, 0) is 0 Å². The summed E-state index contributed by atoms with van der Waals surface area (Å²) in [6.07, 6.45) is 15.3. The van der Waals surface area contributed by atoms with Crippen LogP contribution in [0, 0.1) is 0 Å². The highest BCUT2D eigenvalue weighted by atomic mass is 15.1. The fourth-order valence-corrected chi connectivity index (χ4v) is 8.07. The van der Waals surface area contributed by atoms with Crippen LogP contribution in [0.15, 0.2) is 279 Å². The molecule has 0 N–H and O–H groups in total. The summed E-state index contributed by atoms with van der Waals surface area (Å²) in [5.41, 5.74) is 17.3. The van der Waals surface area contributed by atoms with Crippen molar-refractivity contribution < 1.29 is 0 Å². The third-order valence-electron chi connectivity index (χ3n) is 11.4. The average molecular weight is 832 g/mol. The first-order valence-corrected chi connectivity index (χ1v) is 22.2. The van der Waals surface area contributed by atoms with Gasteiger partial charge in [-0.25, -0.2) is 0 Å². The molecule has 0 saturated carbocycles.